The number of rotatable bonds is 2. The van der Waals surface area contributed by atoms with Crippen LogP contribution < -0.4 is 0 Å². The lowest BCUT2D eigenvalue weighted by Crippen LogP contribution is -2.24. The lowest BCUT2D eigenvalue weighted by atomic mass is 10.1. The maximum absolute atomic E-state index is 11.5. The minimum absolute atomic E-state index is 0.329. The fraction of sp³-hybridized carbons (Fsp3) is 0.308. The van der Waals surface area contributed by atoms with E-state index < -0.39 is 17.7 Å². The van der Waals surface area contributed by atoms with Crippen molar-refractivity contribution in [2.24, 2.45) is 4.99 Å². The van der Waals surface area contributed by atoms with Crippen molar-refractivity contribution in [2.45, 2.75) is 26.4 Å². The van der Waals surface area contributed by atoms with E-state index in [2.05, 4.69) is 4.99 Å². The molecule has 1 rings (SSSR count). The first-order chi connectivity index (χ1) is 8.29. The average molecular weight is 249 g/mol. The van der Waals surface area contributed by atoms with Crippen LogP contribution in [-0.2, 0) is 9.53 Å². The molecule has 0 aromatic heterocycles. The van der Waals surface area contributed by atoms with Crippen molar-refractivity contribution < 1.29 is 19.4 Å². The summed E-state index contributed by atoms with van der Waals surface area (Å²) in [4.78, 5) is 26.0. The van der Waals surface area contributed by atoms with Crippen LogP contribution in [0.3, 0.4) is 0 Å². The van der Waals surface area contributed by atoms with E-state index in [0.29, 0.717) is 5.56 Å². The monoisotopic (exact) mass is 249 g/mol. The van der Waals surface area contributed by atoms with Gasteiger partial charge >= 0.3 is 12.1 Å². The number of benzene rings is 1. The quantitative estimate of drug-likeness (QED) is 0.817. The van der Waals surface area contributed by atoms with Crippen LogP contribution in [0.1, 0.15) is 26.3 Å². The third-order valence-corrected chi connectivity index (χ3v) is 1.85. The van der Waals surface area contributed by atoms with Crippen LogP contribution in [-0.4, -0.2) is 28.5 Å². The Morgan fingerprint density at radius 3 is 2.17 bits per heavy atom. The number of carbonyl (C=O) groups is 2. The number of carbonyl (C=O) groups excluding carboxylic acids is 1. The van der Waals surface area contributed by atoms with Gasteiger partial charge in [-0.15, -0.1) is 0 Å². The van der Waals surface area contributed by atoms with Crippen molar-refractivity contribution in [2.75, 3.05) is 0 Å². The Morgan fingerprint density at radius 1 is 1.17 bits per heavy atom. The van der Waals surface area contributed by atoms with Gasteiger partial charge in [0.2, 0.25) is 0 Å². The molecule has 0 unspecified atom stereocenters. The lowest BCUT2D eigenvalue weighted by molar-refractivity contribution is -0.129. The Bertz CT molecular complexity index is 472. The van der Waals surface area contributed by atoms with Gasteiger partial charge in [0.1, 0.15) is 5.60 Å². The Morgan fingerprint density at radius 2 is 1.72 bits per heavy atom. The van der Waals surface area contributed by atoms with Crippen LogP contribution in [0, 0.1) is 0 Å². The van der Waals surface area contributed by atoms with E-state index in [4.69, 9.17) is 9.84 Å². The molecule has 1 aromatic carbocycles. The van der Waals surface area contributed by atoms with Crippen LogP contribution in [0.4, 0.5) is 4.79 Å². The van der Waals surface area contributed by atoms with E-state index in [-0.39, 0.29) is 5.71 Å². The summed E-state index contributed by atoms with van der Waals surface area (Å²) in [7, 11) is 0. The van der Waals surface area contributed by atoms with Crippen molar-refractivity contribution in [3.05, 3.63) is 35.9 Å². The normalized spacial score (nSPS) is 12.1. The molecule has 0 aliphatic heterocycles. The number of aliphatic imine (C=N–C) groups is 1. The highest BCUT2D eigenvalue weighted by Crippen LogP contribution is 2.09. The third kappa shape index (κ3) is 4.37. The van der Waals surface area contributed by atoms with E-state index in [0.717, 1.165) is 0 Å². The number of hydrogen-bond acceptors (Lipinski definition) is 3. The fourth-order valence-corrected chi connectivity index (χ4v) is 1.21. The van der Waals surface area contributed by atoms with Crippen LogP contribution in [0.2, 0.25) is 0 Å². The minimum atomic E-state index is -1.27. The zero-order valence-corrected chi connectivity index (χ0v) is 10.5. The summed E-state index contributed by atoms with van der Waals surface area (Å²) >= 11 is 0. The van der Waals surface area contributed by atoms with Gasteiger partial charge in [-0.05, 0) is 20.8 Å². The van der Waals surface area contributed by atoms with Gasteiger partial charge in [-0.3, -0.25) is 0 Å². The number of carboxylic acid groups (broad SMARTS) is 1. The smallest absolute Gasteiger partial charge is 0.434 e. The minimum Gasteiger partial charge on any atom is -0.476 e. The number of ether oxygens (including phenoxy) is 1. The summed E-state index contributed by atoms with van der Waals surface area (Å²) in [5, 5.41) is 9.04. The first-order valence-electron chi connectivity index (χ1n) is 5.40. The van der Waals surface area contributed by atoms with Gasteiger partial charge in [0, 0.05) is 5.56 Å². The summed E-state index contributed by atoms with van der Waals surface area (Å²) in [6, 6.07) is 8.22. The van der Waals surface area contributed by atoms with Crippen molar-refractivity contribution in [1.29, 1.82) is 0 Å². The molecule has 1 aromatic rings. The topological polar surface area (TPSA) is 76.0 Å². The molecule has 0 fully saturated rings. The second kappa shape index (κ2) is 5.44. The molecule has 0 bridgehead atoms. The highest BCUT2D eigenvalue weighted by Gasteiger charge is 2.19. The summed E-state index contributed by atoms with van der Waals surface area (Å²) < 4.78 is 4.95. The van der Waals surface area contributed by atoms with Crippen LogP contribution in [0.5, 0.6) is 0 Å². The molecule has 0 heterocycles. The molecule has 0 spiro atoms. The van der Waals surface area contributed by atoms with Gasteiger partial charge in [-0.1, -0.05) is 30.3 Å². The number of aliphatic carboxylic acids is 1. The lowest BCUT2D eigenvalue weighted by Gasteiger charge is -2.17. The van der Waals surface area contributed by atoms with Gasteiger partial charge in [0.15, 0.2) is 5.71 Å². The highest BCUT2D eigenvalue weighted by molar-refractivity contribution is 6.43. The molecular weight excluding hydrogens is 234 g/mol. The molecule has 0 saturated carbocycles. The third-order valence-electron chi connectivity index (χ3n) is 1.85. The molecule has 1 amide bonds. The first-order valence-corrected chi connectivity index (χ1v) is 5.40. The van der Waals surface area contributed by atoms with Gasteiger partial charge in [-0.25, -0.2) is 9.59 Å². The van der Waals surface area contributed by atoms with Crippen LogP contribution >= 0.6 is 0 Å². The van der Waals surface area contributed by atoms with Crippen LogP contribution in [0.25, 0.3) is 0 Å². The van der Waals surface area contributed by atoms with Gasteiger partial charge in [0.05, 0.1) is 0 Å². The zero-order valence-electron chi connectivity index (χ0n) is 10.5. The standard InChI is InChI=1S/C13H15NO4/c1-13(2,3)18-12(17)14-10(11(15)16)9-7-5-4-6-8-9/h4-8H,1-3H3,(H,15,16)/b14-10-. The molecule has 1 N–H and O–H groups in total. The Labute approximate surface area is 105 Å². The maximum atomic E-state index is 11.5. The Hall–Kier alpha value is -2.17. The molecule has 0 saturated heterocycles. The second-order valence-corrected chi connectivity index (χ2v) is 4.61. The number of hydrogen-bond donors (Lipinski definition) is 1. The van der Waals surface area contributed by atoms with E-state index in [1.165, 1.54) is 0 Å². The molecular formula is C13H15NO4. The molecule has 5 nitrogen and oxygen atoms in total. The largest absolute Gasteiger partial charge is 0.476 e. The molecule has 18 heavy (non-hydrogen) atoms. The zero-order chi connectivity index (χ0) is 13.8. The van der Waals surface area contributed by atoms with E-state index in [1.807, 2.05) is 0 Å². The van der Waals surface area contributed by atoms with Gasteiger partial charge < -0.3 is 9.84 Å². The molecule has 0 radical (unpaired) electrons. The predicted molar refractivity (Wildman–Crippen MR) is 66.8 cm³/mol. The van der Waals surface area contributed by atoms with E-state index in [1.54, 1.807) is 51.1 Å². The van der Waals surface area contributed by atoms with Crippen molar-refractivity contribution in [3.63, 3.8) is 0 Å². The number of carboxylic acids is 1. The van der Waals surface area contributed by atoms with Gasteiger partial charge in [0.25, 0.3) is 0 Å². The average Bonchev–Trinajstić information content (AvgIpc) is 2.24. The molecule has 5 heteroatoms. The molecule has 0 atom stereocenters. The first kappa shape index (κ1) is 13.9. The predicted octanol–water partition coefficient (Wildman–Crippen LogP) is 2.50. The second-order valence-electron chi connectivity index (χ2n) is 4.61. The molecule has 96 valence electrons. The summed E-state index contributed by atoms with van der Waals surface area (Å²) in [6.45, 7) is 5.05. The van der Waals surface area contributed by atoms with E-state index >= 15 is 0 Å². The van der Waals surface area contributed by atoms with Crippen molar-refractivity contribution in [3.8, 4) is 0 Å². The highest BCUT2D eigenvalue weighted by atomic mass is 16.6. The summed E-state index contributed by atoms with van der Waals surface area (Å²) in [5.41, 5.74) is -0.679. The van der Waals surface area contributed by atoms with Crippen molar-refractivity contribution >= 4 is 17.8 Å². The molecule has 0 aliphatic carbocycles. The fourth-order valence-electron chi connectivity index (χ4n) is 1.21. The van der Waals surface area contributed by atoms with E-state index in [9.17, 15) is 9.59 Å². The number of amides is 1. The summed E-state index contributed by atoms with van der Waals surface area (Å²) in [6.07, 6.45) is -0.913. The SMILES string of the molecule is CC(C)(C)OC(=O)/N=C(\C(=O)O)c1ccccc1. The Kier molecular flexibility index (Phi) is 4.20. The van der Waals surface area contributed by atoms with Gasteiger partial charge in [-0.2, -0.15) is 4.99 Å². The number of nitrogens with zero attached hydrogens (tertiary/aromatic N) is 1. The van der Waals surface area contributed by atoms with Crippen LogP contribution in [0.15, 0.2) is 35.3 Å². The maximum Gasteiger partial charge on any atom is 0.434 e. The Balaban J connectivity index is 3.00. The summed E-state index contributed by atoms with van der Waals surface area (Å²) in [5.74, 6) is -1.27. The molecule has 0 aliphatic rings. The van der Waals surface area contributed by atoms with Crippen molar-refractivity contribution in [1.82, 2.24) is 0 Å².